The molecular weight excluding hydrogens is 365 g/mol. The Bertz CT molecular complexity index is 855. The van der Waals surface area contributed by atoms with Gasteiger partial charge in [0, 0.05) is 43.2 Å². The largest absolute Gasteiger partial charge is 0.337 e. The summed E-state index contributed by atoms with van der Waals surface area (Å²) in [5, 5.41) is 5.58. The molecule has 2 heterocycles. The van der Waals surface area contributed by atoms with Crippen molar-refractivity contribution >= 4 is 17.8 Å². The van der Waals surface area contributed by atoms with Gasteiger partial charge in [0.15, 0.2) is 0 Å². The van der Waals surface area contributed by atoms with E-state index in [1.807, 2.05) is 29.0 Å². The third-order valence-corrected chi connectivity index (χ3v) is 4.79. The van der Waals surface area contributed by atoms with Gasteiger partial charge in [-0.2, -0.15) is 11.8 Å². The molecule has 27 heavy (non-hydrogen) atoms. The molecular formula is C19H20FN5OS. The minimum atomic E-state index is -0.236. The van der Waals surface area contributed by atoms with E-state index in [9.17, 15) is 9.18 Å². The molecule has 0 spiro atoms. The first-order valence-corrected chi connectivity index (χ1v) is 9.64. The molecule has 0 aliphatic rings. The topological polar surface area (TPSA) is 71.8 Å². The Morgan fingerprint density at radius 1 is 1.19 bits per heavy atom. The Balaban J connectivity index is 1.32. The van der Waals surface area contributed by atoms with Gasteiger partial charge in [-0.15, -0.1) is 0 Å². The fourth-order valence-corrected chi connectivity index (χ4v) is 3.19. The van der Waals surface area contributed by atoms with E-state index < -0.39 is 0 Å². The van der Waals surface area contributed by atoms with Gasteiger partial charge in [0.1, 0.15) is 18.0 Å². The number of thioether (sulfide) groups is 1. The average molecular weight is 385 g/mol. The lowest BCUT2D eigenvalue weighted by Crippen LogP contribution is -2.36. The van der Waals surface area contributed by atoms with Gasteiger partial charge in [0.05, 0.1) is 0 Å². The van der Waals surface area contributed by atoms with Gasteiger partial charge in [-0.3, -0.25) is 4.57 Å². The SMILES string of the molecule is O=C(NCCSCc1ccccc1F)NCc1ccc(-n2ccnc2)nc1. The van der Waals surface area contributed by atoms with Crippen molar-refractivity contribution in [2.75, 3.05) is 12.3 Å². The fourth-order valence-electron chi connectivity index (χ4n) is 2.35. The molecule has 8 heteroatoms. The molecule has 0 bridgehead atoms. The molecule has 1 aromatic carbocycles. The molecule has 0 saturated heterocycles. The van der Waals surface area contributed by atoms with Crippen molar-refractivity contribution < 1.29 is 9.18 Å². The number of halogens is 1. The summed E-state index contributed by atoms with van der Waals surface area (Å²) >= 11 is 1.58. The number of imidazole rings is 1. The molecule has 0 aliphatic carbocycles. The van der Waals surface area contributed by atoms with Crippen LogP contribution >= 0.6 is 11.8 Å². The first-order valence-electron chi connectivity index (χ1n) is 8.48. The minimum Gasteiger partial charge on any atom is -0.337 e. The Morgan fingerprint density at radius 2 is 2.07 bits per heavy atom. The zero-order chi connectivity index (χ0) is 18.9. The molecule has 0 aliphatic heterocycles. The van der Waals surface area contributed by atoms with E-state index >= 15 is 0 Å². The normalized spacial score (nSPS) is 10.6. The highest BCUT2D eigenvalue weighted by atomic mass is 32.2. The Hall–Kier alpha value is -2.87. The van der Waals surface area contributed by atoms with Gasteiger partial charge in [0.25, 0.3) is 0 Å². The van der Waals surface area contributed by atoms with Gasteiger partial charge in [-0.1, -0.05) is 24.3 Å². The number of nitrogens with one attached hydrogen (secondary N) is 2. The molecule has 0 saturated carbocycles. The van der Waals surface area contributed by atoms with Crippen LogP contribution in [0.25, 0.3) is 5.82 Å². The van der Waals surface area contributed by atoms with Crippen LogP contribution in [-0.4, -0.2) is 32.9 Å². The highest BCUT2D eigenvalue weighted by molar-refractivity contribution is 7.98. The zero-order valence-electron chi connectivity index (χ0n) is 14.6. The highest BCUT2D eigenvalue weighted by Crippen LogP contribution is 2.14. The van der Waals surface area contributed by atoms with E-state index in [1.165, 1.54) is 6.07 Å². The van der Waals surface area contributed by atoms with E-state index in [1.54, 1.807) is 42.6 Å². The van der Waals surface area contributed by atoms with Crippen molar-refractivity contribution in [1.29, 1.82) is 0 Å². The standard InChI is InChI=1S/C19H20FN5OS/c20-17-4-2-1-3-16(17)13-27-10-8-22-19(26)24-12-15-5-6-18(23-11-15)25-9-7-21-14-25/h1-7,9,11,14H,8,10,12-13H2,(H2,22,24,26). The number of pyridine rings is 1. The maximum atomic E-state index is 13.5. The summed E-state index contributed by atoms with van der Waals surface area (Å²) in [4.78, 5) is 20.2. The average Bonchev–Trinajstić information content (AvgIpc) is 3.23. The summed E-state index contributed by atoms with van der Waals surface area (Å²) in [6.07, 6.45) is 6.91. The number of amides is 2. The summed E-state index contributed by atoms with van der Waals surface area (Å²) in [6, 6.07) is 10.3. The number of nitrogens with zero attached hydrogens (tertiary/aromatic N) is 3. The van der Waals surface area contributed by atoms with Crippen molar-refractivity contribution in [3.63, 3.8) is 0 Å². The van der Waals surface area contributed by atoms with Crippen LogP contribution in [0.3, 0.4) is 0 Å². The number of carbonyl (C=O) groups is 1. The molecule has 2 amide bonds. The van der Waals surface area contributed by atoms with Crippen molar-refractivity contribution in [2.24, 2.45) is 0 Å². The summed E-state index contributed by atoms with van der Waals surface area (Å²) in [5.74, 6) is 1.88. The zero-order valence-corrected chi connectivity index (χ0v) is 15.5. The highest BCUT2D eigenvalue weighted by Gasteiger charge is 2.03. The maximum Gasteiger partial charge on any atom is 0.315 e. The molecule has 3 aromatic rings. The van der Waals surface area contributed by atoms with E-state index in [4.69, 9.17) is 0 Å². The smallest absolute Gasteiger partial charge is 0.315 e. The Morgan fingerprint density at radius 3 is 2.81 bits per heavy atom. The van der Waals surface area contributed by atoms with E-state index in [2.05, 4.69) is 20.6 Å². The van der Waals surface area contributed by atoms with Gasteiger partial charge in [0.2, 0.25) is 0 Å². The Kier molecular flexibility index (Phi) is 6.81. The first kappa shape index (κ1) is 18.9. The summed E-state index contributed by atoms with van der Waals surface area (Å²) in [6.45, 7) is 0.911. The van der Waals surface area contributed by atoms with Crippen LogP contribution in [0.2, 0.25) is 0 Å². The van der Waals surface area contributed by atoms with Gasteiger partial charge >= 0.3 is 6.03 Å². The predicted molar refractivity (Wildman–Crippen MR) is 104 cm³/mol. The number of urea groups is 1. The first-order chi connectivity index (χ1) is 13.2. The summed E-state index contributed by atoms with van der Waals surface area (Å²) < 4.78 is 15.3. The second-order valence-electron chi connectivity index (χ2n) is 5.75. The lowest BCUT2D eigenvalue weighted by molar-refractivity contribution is 0.241. The quantitative estimate of drug-likeness (QED) is 0.585. The number of carbonyl (C=O) groups excluding carboxylic acids is 1. The van der Waals surface area contributed by atoms with E-state index in [0.717, 1.165) is 11.4 Å². The molecule has 6 nitrogen and oxygen atoms in total. The number of aromatic nitrogens is 3. The Labute approximate surface area is 161 Å². The maximum absolute atomic E-state index is 13.5. The van der Waals surface area contributed by atoms with Gasteiger partial charge < -0.3 is 10.6 Å². The molecule has 0 radical (unpaired) electrons. The third-order valence-electron chi connectivity index (χ3n) is 3.78. The van der Waals surface area contributed by atoms with Crippen LogP contribution in [0.4, 0.5) is 9.18 Å². The fraction of sp³-hybridized carbons (Fsp3) is 0.211. The molecule has 0 fully saturated rings. The molecule has 140 valence electrons. The van der Waals surface area contributed by atoms with Crippen LogP contribution in [-0.2, 0) is 12.3 Å². The predicted octanol–water partition coefficient (Wildman–Crippen LogP) is 3.14. The number of benzene rings is 1. The number of rotatable bonds is 8. The summed E-state index contributed by atoms with van der Waals surface area (Å²) in [5.41, 5.74) is 1.58. The lowest BCUT2D eigenvalue weighted by atomic mass is 10.2. The van der Waals surface area contributed by atoms with Crippen molar-refractivity contribution in [1.82, 2.24) is 25.2 Å². The molecule has 2 N–H and O–H groups in total. The van der Waals surface area contributed by atoms with Crippen molar-refractivity contribution in [3.8, 4) is 5.82 Å². The number of hydrogen-bond donors (Lipinski definition) is 2. The van der Waals surface area contributed by atoms with E-state index in [0.29, 0.717) is 30.2 Å². The van der Waals surface area contributed by atoms with Crippen LogP contribution in [0.5, 0.6) is 0 Å². The molecule has 0 unspecified atom stereocenters. The monoisotopic (exact) mass is 385 g/mol. The molecule has 0 atom stereocenters. The number of hydrogen-bond acceptors (Lipinski definition) is 4. The summed E-state index contributed by atoms with van der Waals surface area (Å²) in [7, 11) is 0. The van der Waals surface area contributed by atoms with Crippen LogP contribution in [0, 0.1) is 5.82 Å². The van der Waals surface area contributed by atoms with Crippen LogP contribution in [0.1, 0.15) is 11.1 Å². The second kappa shape index (κ2) is 9.72. The molecule has 3 rings (SSSR count). The van der Waals surface area contributed by atoms with Gasteiger partial charge in [-0.25, -0.2) is 19.2 Å². The lowest BCUT2D eigenvalue weighted by Gasteiger charge is -2.08. The molecule has 2 aromatic heterocycles. The second-order valence-corrected chi connectivity index (χ2v) is 6.85. The van der Waals surface area contributed by atoms with E-state index in [-0.39, 0.29) is 11.8 Å². The van der Waals surface area contributed by atoms with Crippen LogP contribution in [0.15, 0.2) is 61.3 Å². The van der Waals surface area contributed by atoms with Gasteiger partial charge in [-0.05, 0) is 23.3 Å². The minimum absolute atomic E-state index is 0.191. The van der Waals surface area contributed by atoms with Crippen molar-refractivity contribution in [2.45, 2.75) is 12.3 Å². The van der Waals surface area contributed by atoms with Crippen LogP contribution < -0.4 is 10.6 Å². The van der Waals surface area contributed by atoms with Crippen molar-refractivity contribution in [3.05, 3.63) is 78.3 Å². The third kappa shape index (κ3) is 5.82.